The normalized spacial score (nSPS) is 17.1. The molecule has 1 saturated carbocycles. The summed E-state index contributed by atoms with van der Waals surface area (Å²) in [6.45, 7) is 2.86. The van der Waals surface area contributed by atoms with E-state index in [2.05, 4.69) is 35.0 Å². The van der Waals surface area contributed by atoms with Crippen LogP contribution in [0.3, 0.4) is 0 Å². The Morgan fingerprint density at radius 1 is 1.40 bits per heavy atom. The smallest absolute Gasteiger partial charge is 0.306 e. The fraction of sp³-hybridized carbons (Fsp3) is 0.471. The standard InChI is InChI=1S/C17H21NO2/c1-12(17(19)20)9-14-5-6-15-7-8-18(16(15)10-14)11-13-3-2-4-13/h5-8,10,12-13H,2-4,9,11H2,1H3,(H,19,20). The van der Waals surface area contributed by atoms with Crippen LogP contribution in [0.1, 0.15) is 31.7 Å². The van der Waals surface area contributed by atoms with Crippen LogP contribution in [0, 0.1) is 11.8 Å². The lowest BCUT2D eigenvalue weighted by Gasteiger charge is -2.26. The molecule has 1 atom stereocenters. The van der Waals surface area contributed by atoms with Crippen LogP contribution in [0.25, 0.3) is 10.9 Å². The second-order valence-corrected chi connectivity index (χ2v) is 6.10. The molecule has 3 heteroatoms. The first kappa shape index (κ1) is 13.2. The largest absolute Gasteiger partial charge is 0.481 e. The van der Waals surface area contributed by atoms with Gasteiger partial charge in [-0.05, 0) is 48.3 Å². The van der Waals surface area contributed by atoms with Gasteiger partial charge in [-0.15, -0.1) is 0 Å². The van der Waals surface area contributed by atoms with E-state index in [-0.39, 0.29) is 5.92 Å². The van der Waals surface area contributed by atoms with Gasteiger partial charge in [0.1, 0.15) is 0 Å². The van der Waals surface area contributed by atoms with Crippen molar-refractivity contribution in [3.63, 3.8) is 0 Å². The summed E-state index contributed by atoms with van der Waals surface area (Å²) >= 11 is 0. The molecule has 0 radical (unpaired) electrons. The van der Waals surface area contributed by atoms with Gasteiger partial charge in [0.05, 0.1) is 5.92 Å². The maximum Gasteiger partial charge on any atom is 0.306 e. The number of fused-ring (bicyclic) bond motifs is 1. The van der Waals surface area contributed by atoms with Gasteiger partial charge in [-0.1, -0.05) is 25.5 Å². The van der Waals surface area contributed by atoms with E-state index in [4.69, 9.17) is 5.11 Å². The Morgan fingerprint density at radius 2 is 2.20 bits per heavy atom. The van der Waals surface area contributed by atoms with Crippen LogP contribution in [-0.4, -0.2) is 15.6 Å². The first-order valence-electron chi connectivity index (χ1n) is 7.44. The maximum atomic E-state index is 11.0. The molecule has 1 N–H and O–H groups in total. The van der Waals surface area contributed by atoms with Crippen LogP contribution < -0.4 is 0 Å². The summed E-state index contributed by atoms with van der Waals surface area (Å²) in [7, 11) is 0. The van der Waals surface area contributed by atoms with Crippen molar-refractivity contribution < 1.29 is 9.90 Å². The first-order chi connectivity index (χ1) is 9.63. The van der Waals surface area contributed by atoms with E-state index in [1.165, 1.54) is 30.2 Å². The molecule has 3 nitrogen and oxygen atoms in total. The molecule has 0 saturated heterocycles. The zero-order valence-electron chi connectivity index (χ0n) is 11.9. The molecule has 2 aromatic rings. The number of carboxylic acid groups (broad SMARTS) is 1. The van der Waals surface area contributed by atoms with E-state index in [0.29, 0.717) is 6.42 Å². The summed E-state index contributed by atoms with van der Waals surface area (Å²) in [6, 6.07) is 8.47. The van der Waals surface area contributed by atoms with Crippen LogP contribution in [0.15, 0.2) is 30.5 Å². The van der Waals surface area contributed by atoms with Crippen LogP contribution in [-0.2, 0) is 17.8 Å². The molecular formula is C17H21NO2. The average Bonchev–Trinajstić information content (AvgIpc) is 2.76. The molecule has 3 rings (SSSR count). The van der Waals surface area contributed by atoms with Crippen molar-refractivity contribution in [3.05, 3.63) is 36.0 Å². The lowest BCUT2D eigenvalue weighted by atomic mass is 9.85. The van der Waals surface area contributed by atoms with Crippen molar-refractivity contribution in [1.29, 1.82) is 0 Å². The Labute approximate surface area is 119 Å². The summed E-state index contributed by atoms with van der Waals surface area (Å²) in [5.74, 6) is -0.232. The van der Waals surface area contributed by atoms with Gasteiger partial charge in [0.15, 0.2) is 0 Å². The fourth-order valence-electron chi connectivity index (χ4n) is 2.91. The number of aromatic nitrogens is 1. The maximum absolute atomic E-state index is 11.0. The fourth-order valence-corrected chi connectivity index (χ4v) is 2.91. The Hall–Kier alpha value is -1.77. The second kappa shape index (κ2) is 5.31. The van der Waals surface area contributed by atoms with Gasteiger partial charge in [-0.3, -0.25) is 4.79 Å². The van der Waals surface area contributed by atoms with Gasteiger partial charge in [-0.25, -0.2) is 0 Å². The molecule has 1 aliphatic rings. The minimum absolute atomic E-state index is 0.331. The molecule has 0 bridgehead atoms. The summed E-state index contributed by atoms with van der Waals surface area (Å²) in [6.07, 6.45) is 6.81. The summed E-state index contributed by atoms with van der Waals surface area (Å²) in [4.78, 5) is 11.0. The molecule has 1 heterocycles. The van der Waals surface area contributed by atoms with Gasteiger partial charge in [0.25, 0.3) is 0 Å². The van der Waals surface area contributed by atoms with Crippen molar-refractivity contribution in [1.82, 2.24) is 4.57 Å². The number of nitrogens with zero attached hydrogens (tertiary/aromatic N) is 1. The predicted octanol–water partition coefficient (Wildman–Crippen LogP) is 3.70. The van der Waals surface area contributed by atoms with Crippen molar-refractivity contribution >= 4 is 16.9 Å². The number of aliphatic carboxylic acids is 1. The highest BCUT2D eigenvalue weighted by Crippen LogP contribution is 2.29. The molecular weight excluding hydrogens is 250 g/mol. The molecule has 0 aliphatic heterocycles. The highest BCUT2D eigenvalue weighted by molar-refractivity contribution is 5.81. The molecule has 106 valence electrons. The Kier molecular flexibility index (Phi) is 3.51. The first-order valence-corrected chi connectivity index (χ1v) is 7.44. The van der Waals surface area contributed by atoms with Crippen molar-refractivity contribution in [3.8, 4) is 0 Å². The molecule has 0 spiro atoms. The minimum Gasteiger partial charge on any atom is -0.481 e. The SMILES string of the molecule is CC(Cc1ccc2ccn(CC3CCC3)c2c1)C(=O)O. The average molecular weight is 271 g/mol. The third kappa shape index (κ3) is 2.58. The van der Waals surface area contributed by atoms with Crippen molar-refractivity contribution in [2.75, 3.05) is 0 Å². The van der Waals surface area contributed by atoms with E-state index in [9.17, 15) is 4.79 Å². The molecule has 1 aromatic heterocycles. The number of hydrogen-bond donors (Lipinski definition) is 1. The van der Waals surface area contributed by atoms with Gasteiger partial charge in [0, 0.05) is 18.3 Å². The Balaban J connectivity index is 1.84. The molecule has 1 aliphatic carbocycles. The molecule has 0 amide bonds. The summed E-state index contributed by atoms with van der Waals surface area (Å²) < 4.78 is 2.33. The molecule has 1 aromatic carbocycles. The van der Waals surface area contributed by atoms with E-state index in [1.54, 1.807) is 6.92 Å². The third-order valence-electron chi connectivity index (χ3n) is 4.48. The van der Waals surface area contributed by atoms with Gasteiger partial charge in [-0.2, -0.15) is 0 Å². The van der Waals surface area contributed by atoms with Crippen LogP contribution >= 0.6 is 0 Å². The van der Waals surface area contributed by atoms with Crippen LogP contribution in [0.2, 0.25) is 0 Å². The quantitative estimate of drug-likeness (QED) is 0.900. The third-order valence-corrected chi connectivity index (χ3v) is 4.48. The lowest BCUT2D eigenvalue weighted by molar-refractivity contribution is -0.141. The monoisotopic (exact) mass is 271 g/mol. The Morgan fingerprint density at radius 3 is 2.85 bits per heavy atom. The van der Waals surface area contributed by atoms with Crippen molar-refractivity contribution in [2.24, 2.45) is 11.8 Å². The summed E-state index contributed by atoms with van der Waals surface area (Å²) in [5, 5.41) is 10.3. The topological polar surface area (TPSA) is 42.2 Å². The number of hydrogen-bond acceptors (Lipinski definition) is 1. The zero-order chi connectivity index (χ0) is 14.1. The van der Waals surface area contributed by atoms with Crippen LogP contribution in [0.4, 0.5) is 0 Å². The number of rotatable bonds is 5. The van der Waals surface area contributed by atoms with Gasteiger partial charge < -0.3 is 9.67 Å². The highest BCUT2D eigenvalue weighted by atomic mass is 16.4. The Bertz CT molecular complexity index is 625. The number of carboxylic acids is 1. The summed E-state index contributed by atoms with van der Waals surface area (Å²) in [5.41, 5.74) is 2.35. The molecule has 1 unspecified atom stereocenters. The second-order valence-electron chi connectivity index (χ2n) is 6.10. The van der Waals surface area contributed by atoms with E-state index < -0.39 is 5.97 Å². The van der Waals surface area contributed by atoms with E-state index >= 15 is 0 Å². The van der Waals surface area contributed by atoms with Gasteiger partial charge >= 0.3 is 5.97 Å². The number of benzene rings is 1. The molecule has 20 heavy (non-hydrogen) atoms. The minimum atomic E-state index is -0.727. The molecule has 1 fully saturated rings. The highest BCUT2D eigenvalue weighted by Gasteiger charge is 2.18. The number of carbonyl (C=O) groups is 1. The van der Waals surface area contributed by atoms with Gasteiger partial charge in [0.2, 0.25) is 0 Å². The van der Waals surface area contributed by atoms with E-state index in [1.807, 2.05) is 0 Å². The lowest BCUT2D eigenvalue weighted by Crippen LogP contribution is -2.17. The van der Waals surface area contributed by atoms with E-state index in [0.717, 1.165) is 18.0 Å². The predicted molar refractivity (Wildman–Crippen MR) is 79.8 cm³/mol. The van der Waals surface area contributed by atoms with Crippen LogP contribution in [0.5, 0.6) is 0 Å². The van der Waals surface area contributed by atoms with Crippen molar-refractivity contribution in [2.45, 2.75) is 39.2 Å². The zero-order valence-corrected chi connectivity index (χ0v) is 11.9.